The lowest BCUT2D eigenvalue weighted by Crippen LogP contribution is -2.36. The number of urea groups is 1. The summed E-state index contributed by atoms with van der Waals surface area (Å²) < 4.78 is 11.7. The molecule has 9 heteroatoms. The number of hydrogen-bond donors (Lipinski definition) is 1. The van der Waals surface area contributed by atoms with Crippen molar-refractivity contribution in [2.45, 2.75) is 59.5 Å². The quantitative estimate of drug-likeness (QED) is 0.286. The van der Waals surface area contributed by atoms with E-state index in [1.54, 1.807) is 25.1 Å². The number of nitrogens with zero attached hydrogens (tertiary/aromatic N) is 2. The molecule has 8 nitrogen and oxygen atoms in total. The summed E-state index contributed by atoms with van der Waals surface area (Å²) in [5.41, 5.74) is 3.94. The molecule has 3 aromatic carbocycles. The molecule has 0 aliphatic carbocycles. The molecule has 40 heavy (non-hydrogen) atoms. The van der Waals surface area contributed by atoms with Gasteiger partial charge in [-0.3, -0.25) is 19.4 Å². The van der Waals surface area contributed by atoms with E-state index in [1.807, 2.05) is 69.3 Å². The lowest BCUT2D eigenvalue weighted by molar-refractivity contribution is -0.142. The zero-order chi connectivity index (χ0) is 28.8. The lowest BCUT2D eigenvalue weighted by Gasteiger charge is -2.21. The normalized spacial score (nSPS) is 15.9. The number of imide groups is 1. The molecule has 1 N–H and O–H groups in total. The van der Waals surface area contributed by atoms with E-state index in [4.69, 9.17) is 21.1 Å². The third kappa shape index (κ3) is 6.63. The molecule has 4 rings (SSSR count). The van der Waals surface area contributed by atoms with Gasteiger partial charge in [0.1, 0.15) is 5.75 Å². The van der Waals surface area contributed by atoms with E-state index in [9.17, 15) is 14.4 Å². The molecular weight excluding hydrogens is 530 g/mol. The van der Waals surface area contributed by atoms with Crippen molar-refractivity contribution in [1.82, 2.24) is 9.80 Å². The highest BCUT2D eigenvalue weighted by Crippen LogP contribution is 2.28. The van der Waals surface area contributed by atoms with Crippen LogP contribution in [0.4, 0.5) is 10.5 Å². The fourth-order valence-corrected chi connectivity index (χ4v) is 4.76. The number of ether oxygens (including phenoxy) is 2. The predicted molar refractivity (Wildman–Crippen MR) is 154 cm³/mol. The Labute approximate surface area is 239 Å². The summed E-state index contributed by atoms with van der Waals surface area (Å²) in [7, 11) is 0. The molecule has 0 bridgehead atoms. The van der Waals surface area contributed by atoms with Gasteiger partial charge < -0.3 is 14.8 Å². The molecule has 1 heterocycles. The van der Waals surface area contributed by atoms with Gasteiger partial charge in [0.05, 0.1) is 13.1 Å². The Morgan fingerprint density at radius 3 is 2.42 bits per heavy atom. The number of anilines is 1. The third-order valence-electron chi connectivity index (χ3n) is 6.66. The second-order valence-electron chi connectivity index (χ2n) is 9.71. The Morgan fingerprint density at radius 2 is 1.75 bits per heavy atom. The smallest absolute Gasteiger partial charge is 0.329 e. The summed E-state index contributed by atoms with van der Waals surface area (Å²) in [5.74, 6) is -0.116. The number of rotatable bonds is 11. The maximum absolute atomic E-state index is 13.4. The number of hydrogen-bond acceptors (Lipinski definition) is 5. The monoisotopic (exact) mass is 563 g/mol. The number of halogens is 1. The van der Waals surface area contributed by atoms with Gasteiger partial charge in [-0.1, -0.05) is 66.6 Å². The standard InChI is InChI=1S/C31H34ClN3O5/c1-5-26(40-27-15-12-20(3)16-21(27)4)28(36)33-24-13-14-25(32)23(17-24)19-34-29(37)30(39-6-2)35(31(34)38)18-22-10-8-7-9-11-22/h7-17,26,30H,5-6,18-19H2,1-4H3,(H,33,36). The lowest BCUT2D eigenvalue weighted by atomic mass is 10.1. The molecule has 2 unspecified atom stereocenters. The van der Waals surface area contributed by atoms with Gasteiger partial charge >= 0.3 is 6.03 Å². The Bertz CT molecular complexity index is 1380. The first-order chi connectivity index (χ1) is 19.2. The van der Waals surface area contributed by atoms with Crippen LogP contribution in [-0.4, -0.2) is 46.6 Å². The maximum Gasteiger partial charge on any atom is 0.329 e. The van der Waals surface area contributed by atoms with Gasteiger partial charge in [0, 0.05) is 17.3 Å². The minimum Gasteiger partial charge on any atom is -0.480 e. The van der Waals surface area contributed by atoms with E-state index >= 15 is 0 Å². The average molecular weight is 564 g/mol. The molecular formula is C31H34ClN3O5. The molecule has 0 aromatic heterocycles. The van der Waals surface area contributed by atoms with Crippen LogP contribution in [0, 0.1) is 13.8 Å². The zero-order valence-corrected chi connectivity index (χ0v) is 23.9. The van der Waals surface area contributed by atoms with Crippen molar-refractivity contribution in [2.24, 2.45) is 0 Å². The molecule has 1 saturated heterocycles. The highest BCUT2D eigenvalue weighted by Gasteiger charge is 2.45. The predicted octanol–water partition coefficient (Wildman–Crippen LogP) is 6.08. The zero-order valence-electron chi connectivity index (χ0n) is 23.1. The van der Waals surface area contributed by atoms with Crippen molar-refractivity contribution < 1.29 is 23.9 Å². The van der Waals surface area contributed by atoms with E-state index in [1.165, 1.54) is 4.90 Å². The highest BCUT2D eigenvalue weighted by molar-refractivity contribution is 6.31. The van der Waals surface area contributed by atoms with Crippen LogP contribution in [0.25, 0.3) is 0 Å². The Hall–Kier alpha value is -3.88. The first-order valence-electron chi connectivity index (χ1n) is 13.3. The first kappa shape index (κ1) is 29.1. The molecule has 210 valence electrons. The van der Waals surface area contributed by atoms with Crippen molar-refractivity contribution in [3.63, 3.8) is 0 Å². The van der Waals surface area contributed by atoms with Crippen LogP contribution in [0.3, 0.4) is 0 Å². The SMILES string of the molecule is CCOC1C(=O)N(Cc2cc(NC(=O)C(CC)Oc3ccc(C)cc3C)ccc2Cl)C(=O)N1Cc1ccccc1. The van der Waals surface area contributed by atoms with Gasteiger partial charge in [-0.2, -0.15) is 0 Å². The summed E-state index contributed by atoms with van der Waals surface area (Å²) in [6.07, 6.45) is -1.26. The van der Waals surface area contributed by atoms with Gasteiger partial charge in [0.25, 0.3) is 11.8 Å². The van der Waals surface area contributed by atoms with E-state index in [0.29, 0.717) is 28.4 Å². The molecule has 2 atom stereocenters. The second-order valence-corrected chi connectivity index (χ2v) is 10.1. The fourth-order valence-electron chi connectivity index (χ4n) is 4.59. The summed E-state index contributed by atoms with van der Waals surface area (Å²) in [5, 5.41) is 3.25. The average Bonchev–Trinajstić information content (AvgIpc) is 3.14. The topological polar surface area (TPSA) is 88.2 Å². The number of carbonyl (C=O) groups excluding carboxylic acids is 3. The number of amides is 4. The molecule has 1 aliphatic rings. The Kier molecular flexibility index (Phi) is 9.45. The minimum atomic E-state index is -1.02. The number of carbonyl (C=O) groups is 3. The van der Waals surface area contributed by atoms with Gasteiger partial charge in [0.2, 0.25) is 6.23 Å². The van der Waals surface area contributed by atoms with Crippen LogP contribution >= 0.6 is 11.6 Å². The number of nitrogens with one attached hydrogen (secondary N) is 1. The summed E-state index contributed by atoms with van der Waals surface area (Å²) in [6.45, 7) is 8.03. The van der Waals surface area contributed by atoms with E-state index in [-0.39, 0.29) is 25.6 Å². The molecule has 4 amide bonds. The van der Waals surface area contributed by atoms with Crippen molar-refractivity contribution in [3.05, 3.63) is 94.0 Å². The summed E-state index contributed by atoms with van der Waals surface area (Å²) in [4.78, 5) is 42.2. The van der Waals surface area contributed by atoms with Crippen LogP contribution in [0.15, 0.2) is 66.7 Å². The largest absolute Gasteiger partial charge is 0.480 e. The van der Waals surface area contributed by atoms with E-state index in [2.05, 4.69) is 5.32 Å². The number of aryl methyl sites for hydroxylation is 2. The molecule has 3 aromatic rings. The van der Waals surface area contributed by atoms with E-state index < -0.39 is 24.3 Å². The fraction of sp³-hybridized carbons (Fsp3) is 0.323. The van der Waals surface area contributed by atoms with Gasteiger partial charge in [-0.15, -0.1) is 0 Å². The Balaban J connectivity index is 1.49. The van der Waals surface area contributed by atoms with Crippen molar-refractivity contribution in [3.8, 4) is 5.75 Å². The molecule has 0 saturated carbocycles. The van der Waals surface area contributed by atoms with E-state index in [0.717, 1.165) is 21.6 Å². The van der Waals surface area contributed by atoms with Crippen LogP contribution in [0.1, 0.15) is 42.5 Å². The summed E-state index contributed by atoms with van der Waals surface area (Å²) in [6, 6.07) is 19.7. The molecule has 1 aliphatic heterocycles. The second kappa shape index (κ2) is 13.0. The third-order valence-corrected chi connectivity index (χ3v) is 7.03. The molecule has 1 fully saturated rings. The Morgan fingerprint density at radius 1 is 1.00 bits per heavy atom. The first-order valence-corrected chi connectivity index (χ1v) is 13.7. The van der Waals surface area contributed by atoms with Crippen LogP contribution < -0.4 is 10.1 Å². The van der Waals surface area contributed by atoms with Crippen LogP contribution in [-0.2, 0) is 27.4 Å². The number of benzene rings is 3. The van der Waals surface area contributed by atoms with Crippen molar-refractivity contribution >= 4 is 35.1 Å². The minimum absolute atomic E-state index is 0.0641. The van der Waals surface area contributed by atoms with Crippen molar-refractivity contribution in [1.29, 1.82) is 0 Å². The van der Waals surface area contributed by atoms with Gasteiger partial charge in [0.15, 0.2) is 6.10 Å². The maximum atomic E-state index is 13.4. The van der Waals surface area contributed by atoms with Crippen molar-refractivity contribution in [2.75, 3.05) is 11.9 Å². The van der Waals surface area contributed by atoms with Crippen LogP contribution in [0.5, 0.6) is 5.75 Å². The summed E-state index contributed by atoms with van der Waals surface area (Å²) >= 11 is 6.47. The molecule has 0 spiro atoms. The highest BCUT2D eigenvalue weighted by atomic mass is 35.5. The molecule has 0 radical (unpaired) electrons. The van der Waals surface area contributed by atoms with Gasteiger partial charge in [-0.05, 0) is 68.1 Å². The van der Waals surface area contributed by atoms with Crippen LogP contribution in [0.2, 0.25) is 5.02 Å². The van der Waals surface area contributed by atoms with Gasteiger partial charge in [-0.25, -0.2) is 4.79 Å².